The van der Waals surface area contributed by atoms with Crippen molar-refractivity contribution in [2.75, 3.05) is 0 Å². The minimum Gasteiger partial charge on any atom is -0.288 e. The largest absolute Gasteiger partial charge is 0.288 e. The van der Waals surface area contributed by atoms with E-state index in [1.54, 1.807) is 6.92 Å². The molecule has 0 aliphatic rings. The number of hydrogen-bond donors (Lipinski definition) is 0. The Kier molecular flexibility index (Phi) is 5.48. The Morgan fingerprint density at radius 1 is 1.40 bits per heavy atom. The molecule has 2 heteroatoms. The lowest BCUT2D eigenvalue weighted by atomic mass is 10.1. The highest BCUT2D eigenvalue weighted by Crippen LogP contribution is 2.17. The van der Waals surface area contributed by atoms with Crippen molar-refractivity contribution in [3.8, 4) is 0 Å². The van der Waals surface area contributed by atoms with E-state index in [4.69, 9.17) is 6.92 Å². The maximum atomic E-state index is 10.8. The van der Waals surface area contributed by atoms with Gasteiger partial charge in [0, 0.05) is 12.2 Å². The molecule has 0 N–H and O–H groups in total. The molecular formula is C13H16OS. The second-order valence-corrected chi connectivity index (χ2v) is 4.94. The molecule has 1 rings (SSSR count). The summed E-state index contributed by atoms with van der Waals surface area (Å²) in [4.78, 5) is 10.8. The molecule has 0 aliphatic carbocycles. The van der Waals surface area contributed by atoms with Crippen molar-refractivity contribution in [2.45, 2.75) is 31.4 Å². The maximum absolute atomic E-state index is 10.8. The van der Waals surface area contributed by atoms with Crippen molar-refractivity contribution in [3.63, 3.8) is 0 Å². The normalized spacial score (nSPS) is 12.4. The molecule has 1 aromatic rings. The predicted molar refractivity (Wildman–Crippen MR) is 65.7 cm³/mol. The number of thioether (sulfide) groups is 1. The third-order valence-corrected chi connectivity index (χ3v) is 2.98. The van der Waals surface area contributed by atoms with Gasteiger partial charge in [-0.25, -0.2) is 0 Å². The molecule has 2 radical (unpaired) electrons. The molecule has 1 unspecified atom stereocenters. The molecule has 1 aromatic carbocycles. The van der Waals surface area contributed by atoms with E-state index in [2.05, 4.69) is 12.1 Å². The Morgan fingerprint density at radius 2 is 2.07 bits per heavy atom. The number of carbonyl (C=O) groups is 1. The van der Waals surface area contributed by atoms with Gasteiger partial charge in [-0.3, -0.25) is 4.79 Å². The maximum Gasteiger partial charge on any atom is 0.186 e. The molecule has 0 aliphatic heterocycles. The van der Waals surface area contributed by atoms with Gasteiger partial charge >= 0.3 is 0 Å². The summed E-state index contributed by atoms with van der Waals surface area (Å²) in [6.45, 7) is 7.34. The average molecular weight is 220 g/mol. The van der Waals surface area contributed by atoms with Gasteiger partial charge in [-0.2, -0.15) is 0 Å². The molecule has 0 saturated heterocycles. The molecule has 0 aromatic heterocycles. The highest BCUT2D eigenvalue weighted by Gasteiger charge is 2.05. The number of benzene rings is 1. The Labute approximate surface area is 96.3 Å². The molecule has 0 heterocycles. The van der Waals surface area contributed by atoms with Gasteiger partial charge < -0.3 is 0 Å². The Bertz CT molecular complexity index is 295. The molecule has 0 saturated carbocycles. The highest BCUT2D eigenvalue weighted by atomic mass is 32.2. The average Bonchev–Trinajstić information content (AvgIpc) is 2.18. The molecule has 0 amide bonds. The lowest BCUT2D eigenvalue weighted by molar-refractivity contribution is -0.109. The van der Waals surface area contributed by atoms with Crippen molar-refractivity contribution < 1.29 is 4.79 Å². The van der Waals surface area contributed by atoms with E-state index in [1.165, 1.54) is 17.3 Å². The zero-order valence-corrected chi connectivity index (χ0v) is 9.80. The summed E-state index contributed by atoms with van der Waals surface area (Å²) in [7, 11) is 0. The fourth-order valence-corrected chi connectivity index (χ4v) is 2.14. The smallest absolute Gasteiger partial charge is 0.186 e. The van der Waals surface area contributed by atoms with Crippen molar-refractivity contribution in [3.05, 3.63) is 42.8 Å². The second-order valence-electron chi connectivity index (χ2n) is 3.53. The van der Waals surface area contributed by atoms with Gasteiger partial charge in [0.1, 0.15) is 0 Å². The van der Waals surface area contributed by atoms with E-state index in [9.17, 15) is 4.79 Å². The van der Waals surface area contributed by atoms with E-state index < -0.39 is 0 Å². The third kappa shape index (κ3) is 5.63. The monoisotopic (exact) mass is 220 g/mol. The van der Waals surface area contributed by atoms with Crippen LogP contribution in [0.25, 0.3) is 0 Å². The molecule has 0 bridgehead atoms. The first-order chi connectivity index (χ1) is 7.18. The van der Waals surface area contributed by atoms with E-state index >= 15 is 0 Å². The van der Waals surface area contributed by atoms with Gasteiger partial charge in [-0.05, 0) is 31.7 Å². The summed E-state index contributed by atoms with van der Waals surface area (Å²) < 4.78 is 0. The van der Waals surface area contributed by atoms with Crippen LogP contribution in [0.2, 0.25) is 0 Å². The zero-order chi connectivity index (χ0) is 11.1. The number of aryl methyl sites for hydroxylation is 1. The van der Waals surface area contributed by atoms with Crippen LogP contribution in [0.3, 0.4) is 0 Å². The van der Waals surface area contributed by atoms with Crippen molar-refractivity contribution >= 4 is 16.9 Å². The van der Waals surface area contributed by atoms with E-state index in [0.29, 0.717) is 0 Å². The Balaban J connectivity index is 2.19. The standard InChI is InChI=1S/C13H16OS/c1-11(15-12(2)14)7-6-10-13-8-4-3-5-9-13/h1,3-5,8-9,11H,6-7,10H2,2H3. The number of rotatable bonds is 5. The van der Waals surface area contributed by atoms with Crippen LogP contribution in [-0.4, -0.2) is 10.4 Å². The quantitative estimate of drug-likeness (QED) is 0.756. The second kappa shape index (κ2) is 6.67. The summed E-state index contributed by atoms with van der Waals surface area (Å²) in [5.74, 6) is 0. The lowest BCUT2D eigenvalue weighted by Gasteiger charge is -2.07. The van der Waals surface area contributed by atoms with Gasteiger partial charge in [0.05, 0.1) is 0 Å². The van der Waals surface area contributed by atoms with E-state index in [1.807, 2.05) is 18.2 Å². The third-order valence-electron chi connectivity index (χ3n) is 2.11. The van der Waals surface area contributed by atoms with Crippen LogP contribution in [0.15, 0.2) is 30.3 Å². The lowest BCUT2D eigenvalue weighted by Crippen LogP contribution is -2.00. The first kappa shape index (κ1) is 12.3. The minimum atomic E-state index is -0.0498. The zero-order valence-electron chi connectivity index (χ0n) is 8.98. The van der Waals surface area contributed by atoms with Crippen LogP contribution >= 0.6 is 11.8 Å². The Hall–Kier alpha value is -0.760. The van der Waals surface area contributed by atoms with Crippen LogP contribution < -0.4 is 0 Å². The van der Waals surface area contributed by atoms with Gasteiger partial charge in [-0.15, -0.1) is 0 Å². The first-order valence-corrected chi connectivity index (χ1v) is 6.03. The van der Waals surface area contributed by atoms with Crippen LogP contribution in [0.1, 0.15) is 25.3 Å². The SMILES string of the molecule is [CH]C(CCCc1ccccc1)SC(C)=O. The molecule has 15 heavy (non-hydrogen) atoms. The van der Waals surface area contributed by atoms with Crippen LogP contribution in [0, 0.1) is 6.92 Å². The van der Waals surface area contributed by atoms with Gasteiger partial charge in [0.15, 0.2) is 5.12 Å². The van der Waals surface area contributed by atoms with E-state index in [-0.39, 0.29) is 10.4 Å². The van der Waals surface area contributed by atoms with Crippen LogP contribution in [0.5, 0.6) is 0 Å². The molecule has 1 nitrogen and oxygen atoms in total. The summed E-state index contributed by atoms with van der Waals surface area (Å²) in [5, 5.41) is 0.0495. The highest BCUT2D eigenvalue weighted by molar-refractivity contribution is 8.14. The van der Waals surface area contributed by atoms with Crippen LogP contribution in [-0.2, 0) is 11.2 Å². The van der Waals surface area contributed by atoms with Gasteiger partial charge in [0.25, 0.3) is 0 Å². The topological polar surface area (TPSA) is 17.1 Å². The van der Waals surface area contributed by atoms with Crippen molar-refractivity contribution in [1.29, 1.82) is 0 Å². The molecule has 1 atom stereocenters. The number of carbonyl (C=O) groups excluding carboxylic acids is 1. The van der Waals surface area contributed by atoms with Crippen molar-refractivity contribution in [1.82, 2.24) is 0 Å². The van der Waals surface area contributed by atoms with Gasteiger partial charge in [0.2, 0.25) is 0 Å². The fourth-order valence-electron chi connectivity index (χ4n) is 1.42. The molecule has 0 spiro atoms. The van der Waals surface area contributed by atoms with Crippen molar-refractivity contribution in [2.24, 2.45) is 0 Å². The summed E-state index contributed by atoms with van der Waals surface area (Å²) in [5.41, 5.74) is 1.33. The summed E-state index contributed by atoms with van der Waals surface area (Å²) >= 11 is 1.23. The molecule has 0 fully saturated rings. The first-order valence-electron chi connectivity index (χ1n) is 5.15. The molecule has 80 valence electrons. The Morgan fingerprint density at radius 3 is 2.67 bits per heavy atom. The predicted octanol–water partition coefficient (Wildman–Crippen LogP) is 3.37. The minimum absolute atomic E-state index is 0.0498. The number of hydrogen-bond acceptors (Lipinski definition) is 2. The van der Waals surface area contributed by atoms with E-state index in [0.717, 1.165) is 19.3 Å². The summed E-state index contributed by atoms with van der Waals surface area (Å²) in [6, 6.07) is 10.3. The van der Waals surface area contributed by atoms with Crippen LogP contribution in [0.4, 0.5) is 0 Å². The summed E-state index contributed by atoms with van der Waals surface area (Å²) in [6.07, 6.45) is 2.96. The van der Waals surface area contributed by atoms with Gasteiger partial charge in [-0.1, -0.05) is 42.1 Å². The molecular weight excluding hydrogens is 204 g/mol. The fraction of sp³-hybridized carbons (Fsp3) is 0.385.